The maximum Gasteiger partial charge on any atom is 0.308 e. The second-order valence-electron chi connectivity index (χ2n) is 8.61. The van der Waals surface area contributed by atoms with Crippen LogP contribution in [0.25, 0.3) is 0 Å². The van der Waals surface area contributed by atoms with Crippen molar-refractivity contribution in [2.24, 2.45) is 11.8 Å². The number of carbonyl (C=O) groups is 1. The Balaban J connectivity index is 1.59. The predicted molar refractivity (Wildman–Crippen MR) is 117 cm³/mol. The van der Waals surface area contributed by atoms with E-state index in [1.807, 2.05) is 6.92 Å². The van der Waals surface area contributed by atoms with E-state index in [-0.39, 0.29) is 17.6 Å². The average Bonchev–Trinajstić information content (AvgIpc) is 3.04. The van der Waals surface area contributed by atoms with Crippen molar-refractivity contribution in [3.05, 3.63) is 47.4 Å². The van der Waals surface area contributed by atoms with Crippen molar-refractivity contribution in [1.82, 2.24) is 15.4 Å². The maximum atomic E-state index is 14.7. The van der Waals surface area contributed by atoms with Gasteiger partial charge < -0.3 is 15.8 Å². The molecular weight excluding hydrogens is 416 g/mol. The molecule has 1 aliphatic heterocycles. The second kappa shape index (κ2) is 9.77. The number of halogens is 2. The molecule has 172 valence electrons. The first-order valence-corrected chi connectivity index (χ1v) is 11.3. The van der Waals surface area contributed by atoms with Gasteiger partial charge >= 0.3 is 5.97 Å². The molecule has 0 radical (unpaired) electrons. The highest BCUT2D eigenvalue weighted by molar-refractivity contribution is 5.72. The first-order chi connectivity index (χ1) is 15.5. The zero-order valence-corrected chi connectivity index (χ0v) is 18.1. The molecule has 1 fully saturated rings. The molecule has 1 aromatic heterocycles. The molecule has 1 aliphatic carbocycles. The van der Waals surface area contributed by atoms with Crippen LogP contribution in [-0.2, 0) is 4.79 Å². The van der Waals surface area contributed by atoms with Crippen molar-refractivity contribution in [2.75, 3.05) is 10.7 Å². The van der Waals surface area contributed by atoms with Gasteiger partial charge in [-0.3, -0.25) is 4.79 Å². The van der Waals surface area contributed by atoms with Gasteiger partial charge in [0.05, 0.1) is 17.8 Å². The number of hydrogen-bond acceptors (Lipinski definition) is 6. The van der Waals surface area contributed by atoms with Gasteiger partial charge in [-0.2, -0.15) is 0 Å². The number of aromatic nitrogens is 2. The smallest absolute Gasteiger partial charge is 0.308 e. The van der Waals surface area contributed by atoms with Gasteiger partial charge in [-0.05, 0) is 31.2 Å². The Labute approximate surface area is 186 Å². The Morgan fingerprint density at radius 2 is 1.97 bits per heavy atom. The molecule has 3 atom stereocenters. The van der Waals surface area contributed by atoms with Crippen molar-refractivity contribution in [1.29, 1.82) is 0 Å². The summed E-state index contributed by atoms with van der Waals surface area (Å²) in [6.07, 6.45) is 7.62. The van der Waals surface area contributed by atoms with E-state index in [0.29, 0.717) is 17.7 Å². The van der Waals surface area contributed by atoms with E-state index in [1.54, 1.807) is 12.1 Å². The molecular formula is C23H29F2N5O2. The van der Waals surface area contributed by atoms with Crippen molar-refractivity contribution in [2.45, 2.75) is 64.0 Å². The molecule has 1 unspecified atom stereocenters. The fourth-order valence-electron chi connectivity index (χ4n) is 4.95. The summed E-state index contributed by atoms with van der Waals surface area (Å²) >= 11 is 0. The molecule has 0 saturated heterocycles. The number of aliphatic carboxylic acids is 1. The van der Waals surface area contributed by atoms with Crippen LogP contribution in [0.3, 0.4) is 0 Å². The fourth-order valence-corrected chi connectivity index (χ4v) is 4.95. The zero-order chi connectivity index (χ0) is 22.7. The third-order valence-electron chi connectivity index (χ3n) is 6.61. The van der Waals surface area contributed by atoms with Crippen LogP contribution in [-0.4, -0.2) is 27.1 Å². The van der Waals surface area contributed by atoms with Crippen LogP contribution >= 0.6 is 0 Å². The number of carboxylic acid groups (broad SMARTS) is 1. The molecule has 1 saturated carbocycles. The first kappa shape index (κ1) is 22.4. The van der Waals surface area contributed by atoms with Crippen LogP contribution in [0.5, 0.6) is 0 Å². The van der Waals surface area contributed by atoms with Crippen LogP contribution in [0.2, 0.25) is 0 Å². The van der Waals surface area contributed by atoms with E-state index < -0.39 is 35.6 Å². The minimum atomic E-state index is -0.864. The Morgan fingerprint density at radius 3 is 2.66 bits per heavy atom. The Bertz CT molecular complexity index is 965. The number of nitrogens with one attached hydrogen (secondary N) is 3. The highest BCUT2D eigenvalue weighted by Crippen LogP contribution is 2.35. The van der Waals surface area contributed by atoms with Gasteiger partial charge in [-0.1, -0.05) is 44.7 Å². The van der Waals surface area contributed by atoms with Crippen molar-refractivity contribution < 1.29 is 18.7 Å². The Morgan fingerprint density at radius 1 is 1.22 bits per heavy atom. The van der Waals surface area contributed by atoms with Crippen LogP contribution in [0, 0.1) is 23.5 Å². The number of benzene rings is 1. The van der Waals surface area contributed by atoms with Gasteiger partial charge in [0.1, 0.15) is 11.9 Å². The fraction of sp³-hybridized carbons (Fsp3) is 0.522. The summed E-state index contributed by atoms with van der Waals surface area (Å²) < 4.78 is 28.7. The maximum absolute atomic E-state index is 14.7. The van der Waals surface area contributed by atoms with Crippen LogP contribution in [0.4, 0.5) is 20.3 Å². The van der Waals surface area contributed by atoms with E-state index >= 15 is 0 Å². The SMILES string of the molecule is CC[C@@H](Nc1nc(C2NNc3c(F)cccc32)ncc1F)[C@H](C(=O)O)C1CCCCCC1. The highest BCUT2D eigenvalue weighted by atomic mass is 19.1. The molecule has 1 aromatic carbocycles. The summed E-state index contributed by atoms with van der Waals surface area (Å²) in [6, 6.07) is 3.67. The molecule has 4 N–H and O–H groups in total. The molecule has 0 spiro atoms. The topological polar surface area (TPSA) is 99.2 Å². The summed E-state index contributed by atoms with van der Waals surface area (Å²) in [5.41, 5.74) is 6.65. The molecule has 2 aromatic rings. The number of anilines is 2. The molecule has 2 aliphatic rings. The summed E-state index contributed by atoms with van der Waals surface area (Å²) in [5, 5.41) is 13.1. The van der Waals surface area contributed by atoms with Crippen molar-refractivity contribution in [3.8, 4) is 0 Å². The standard InChI is InChI=1S/C23H29F2N5O2/c1-2-17(18(23(31)32)13-8-5-3-4-6-9-13)27-21-16(25)12-26-22(28-21)20-14-10-7-11-15(24)19(14)29-30-20/h7,10-13,17-18,20,29-30H,2-6,8-9H2,1H3,(H,31,32)(H,26,27,28)/t17-,18-,20?/m1/s1. The lowest BCUT2D eigenvalue weighted by molar-refractivity contribution is -0.144. The summed E-state index contributed by atoms with van der Waals surface area (Å²) in [4.78, 5) is 20.7. The van der Waals surface area contributed by atoms with E-state index in [1.165, 1.54) is 6.07 Å². The Hall–Kier alpha value is -2.81. The second-order valence-corrected chi connectivity index (χ2v) is 8.61. The molecule has 4 rings (SSSR count). The third kappa shape index (κ3) is 4.53. The van der Waals surface area contributed by atoms with Crippen LogP contribution < -0.4 is 16.2 Å². The van der Waals surface area contributed by atoms with Crippen LogP contribution in [0.15, 0.2) is 24.4 Å². The molecule has 7 nitrogen and oxygen atoms in total. The number of rotatable bonds is 7. The van der Waals surface area contributed by atoms with E-state index in [9.17, 15) is 18.7 Å². The van der Waals surface area contributed by atoms with Gasteiger partial charge in [0, 0.05) is 11.6 Å². The number of fused-ring (bicyclic) bond motifs is 1. The minimum Gasteiger partial charge on any atom is -0.481 e. The molecule has 2 heterocycles. The lowest BCUT2D eigenvalue weighted by Crippen LogP contribution is -2.39. The zero-order valence-electron chi connectivity index (χ0n) is 18.1. The normalized spacial score (nSPS) is 20.7. The van der Waals surface area contributed by atoms with Gasteiger partial charge in [0.15, 0.2) is 17.5 Å². The minimum absolute atomic E-state index is 0.0339. The number of nitrogens with zero attached hydrogens (tertiary/aromatic N) is 2. The van der Waals surface area contributed by atoms with E-state index in [4.69, 9.17) is 0 Å². The average molecular weight is 446 g/mol. The number of carboxylic acids is 1. The monoisotopic (exact) mass is 445 g/mol. The number of hydrogen-bond donors (Lipinski definition) is 4. The Kier molecular flexibility index (Phi) is 6.83. The quantitative estimate of drug-likeness (QED) is 0.461. The highest BCUT2D eigenvalue weighted by Gasteiger charge is 2.36. The lowest BCUT2D eigenvalue weighted by Gasteiger charge is -2.31. The molecule has 0 bridgehead atoms. The van der Waals surface area contributed by atoms with Crippen molar-refractivity contribution >= 4 is 17.5 Å². The molecule has 0 amide bonds. The number of para-hydroxylation sites is 1. The largest absolute Gasteiger partial charge is 0.481 e. The predicted octanol–water partition coefficient (Wildman–Crippen LogP) is 4.64. The molecule has 9 heteroatoms. The van der Waals surface area contributed by atoms with Gasteiger partial charge in [-0.25, -0.2) is 24.2 Å². The van der Waals surface area contributed by atoms with E-state index in [2.05, 4.69) is 26.1 Å². The summed E-state index contributed by atoms with van der Waals surface area (Å²) in [5.74, 6) is -2.27. The summed E-state index contributed by atoms with van der Waals surface area (Å²) in [7, 11) is 0. The van der Waals surface area contributed by atoms with Gasteiger partial charge in [-0.15, -0.1) is 0 Å². The molecule has 32 heavy (non-hydrogen) atoms. The van der Waals surface area contributed by atoms with Gasteiger partial charge in [0.25, 0.3) is 0 Å². The third-order valence-corrected chi connectivity index (χ3v) is 6.61. The first-order valence-electron chi connectivity index (χ1n) is 11.3. The van der Waals surface area contributed by atoms with Crippen LogP contribution in [0.1, 0.15) is 69.3 Å². The van der Waals surface area contributed by atoms with Crippen molar-refractivity contribution in [3.63, 3.8) is 0 Å². The number of hydrazine groups is 1. The van der Waals surface area contributed by atoms with Gasteiger partial charge in [0.2, 0.25) is 0 Å². The lowest BCUT2D eigenvalue weighted by atomic mass is 9.80. The summed E-state index contributed by atoms with van der Waals surface area (Å²) in [6.45, 7) is 1.89. The van der Waals surface area contributed by atoms with E-state index in [0.717, 1.165) is 44.7 Å².